The molecule has 0 aromatic heterocycles. The molecule has 0 fully saturated rings. The van der Waals surface area contributed by atoms with Gasteiger partial charge in [-0.15, -0.1) is 0 Å². The van der Waals surface area contributed by atoms with Gasteiger partial charge in [0.15, 0.2) is 0 Å². The molecule has 9 N–H and O–H groups in total. The standard InChI is InChI=1S/C18H24AsClN4O9S/c20-10-2-1-9(19(32)33)5-12(10)23-15(26)8-34-7-13(17(29)22-6-16(27)28)24-14(25)4-3-11(21)18(30)31/h1-2,5,11,13,32-33H,3-4,6-8,21H2,(H,22,29)(H,23,26)(H,24,25)(H,27,28)(H,30,31). The summed E-state index contributed by atoms with van der Waals surface area (Å²) in [5.41, 5.74) is 5.51. The molecular weight excluding hydrogens is 559 g/mol. The maximum absolute atomic E-state index is 12.3. The number of carboxylic acid groups (broad SMARTS) is 2. The average Bonchev–Trinajstić information content (AvgIpc) is 2.76. The average molecular weight is 583 g/mol. The van der Waals surface area contributed by atoms with Crippen LogP contribution in [0.2, 0.25) is 5.02 Å². The van der Waals surface area contributed by atoms with E-state index in [1.165, 1.54) is 18.2 Å². The molecule has 34 heavy (non-hydrogen) atoms. The van der Waals surface area contributed by atoms with Gasteiger partial charge in [0, 0.05) is 0 Å². The fraction of sp³-hybridized carbons (Fsp3) is 0.389. The zero-order valence-electron chi connectivity index (χ0n) is 17.6. The van der Waals surface area contributed by atoms with E-state index in [0.717, 1.165) is 11.8 Å². The topological polar surface area (TPSA) is 228 Å². The summed E-state index contributed by atoms with van der Waals surface area (Å²) in [6.45, 7) is -0.685. The van der Waals surface area contributed by atoms with Crippen molar-refractivity contribution in [2.24, 2.45) is 5.73 Å². The number of anilines is 1. The van der Waals surface area contributed by atoms with E-state index in [1.807, 2.05) is 0 Å². The summed E-state index contributed by atoms with van der Waals surface area (Å²) in [6, 6.07) is 1.72. The summed E-state index contributed by atoms with van der Waals surface area (Å²) in [6.07, 6.45) is -0.456. The van der Waals surface area contributed by atoms with Gasteiger partial charge in [0.25, 0.3) is 0 Å². The van der Waals surface area contributed by atoms with Crippen molar-refractivity contribution in [3.63, 3.8) is 0 Å². The molecule has 0 radical (unpaired) electrons. The van der Waals surface area contributed by atoms with E-state index < -0.39 is 63.6 Å². The van der Waals surface area contributed by atoms with Crippen LogP contribution in [0.3, 0.4) is 0 Å². The van der Waals surface area contributed by atoms with E-state index in [4.69, 9.17) is 27.5 Å². The Morgan fingerprint density at radius 3 is 2.38 bits per heavy atom. The van der Waals surface area contributed by atoms with Crippen molar-refractivity contribution in [1.82, 2.24) is 10.6 Å². The van der Waals surface area contributed by atoms with Crippen molar-refractivity contribution in [3.05, 3.63) is 23.2 Å². The molecule has 0 bridgehead atoms. The molecule has 0 aliphatic heterocycles. The van der Waals surface area contributed by atoms with E-state index in [-0.39, 0.29) is 39.4 Å². The fourth-order valence-electron chi connectivity index (χ4n) is 2.33. The molecule has 2 unspecified atom stereocenters. The number of thioether (sulfide) groups is 1. The van der Waals surface area contributed by atoms with Gasteiger partial charge >= 0.3 is 171 Å². The summed E-state index contributed by atoms with van der Waals surface area (Å²) in [7, 11) is 0. The molecule has 0 aliphatic carbocycles. The van der Waals surface area contributed by atoms with Crippen LogP contribution in [0.25, 0.3) is 0 Å². The minimum atomic E-state index is -3.17. The Hall–Kier alpha value is -2.35. The first-order chi connectivity index (χ1) is 15.9. The molecule has 0 saturated heterocycles. The SMILES string of the molecule is NC(CCC(=O)NC(CSCC(=O)Nc1cc([As](O)O)ccc1Cl)C(=O)NCC(=O)O)C(=O)O. The van der Waals surface area contributed by atoms with Crippen LogP contribution in [-0.4, -0.2) is 93.5 Å². The molecule has 0 heterocycles. The van der Waals surface area contributed by atoms with Crippen molar-refractivity contribution < 1.29 is 42.4 Å². The molecule has 16 heteroatoms. The first-order valence-corrected chi connectivity index (χ1v) is 13.7. The molecule has 0 aliphatic rings. The number of hydrogen-bond acceptors (Lipinski definition) is 9. The number of halogens is 1. The van der Waals surface area contributed by atoms with E-state index in [1.54, 1.807) is 0 Å². The predicted octanol–water partition coefficient (Wildman–Crippen LogP) is -2.43. The fourth-order valence-corrected chi connectivity index (χ4v) is 4.29. The minimum Gasteiger partial charge on any atom is -0.480 e. The molecule has 0 spiro atoms. The second-order valence-corrected chi connectivity index (χ2v) is 10.5. The van der Waals surface area contributed by atoms with Gasteiger partial charge < -0.3 is 15.9 Å². The summed E-state index contributed by atoms with van der Waals surface area (Å²) >= 11 is 3.78. The summed E-state index contributed by atoms with van der Waals surface area (Å²) in [5.74, 6) is -4.87. The van der Waals surface area contributed by atoms with E-state index in [0.29, 0.717) is 0 Å². The second kappa shape index (κ2) is 14.8. The Morgan fingerprint density at radius 2 is 1.79 bits per heavy atom. The number of carboxylic acids is 2. The third-order valence-corrected chi connectivity index (χ3v) is 6.96. The van der Waals surface area contributed by atoms with Gasteiger partial charge in [-0.05, 0) is 6.42 Å². The van der Waals surface area contributed by atoms with Gasteiger partial charge in [0.2, 0.25) is 0 Å². The Bertz CT molecular complexity index is 921. The van der Waals surface area contributed by atoms with Gasteiger partial charge in [0.05, 0.1) is 0 Å². The molecule has 1 aromatic rings. The van der Waals surface area contributed by atoms with Gasteiger partial charge in [-0.2, -0.15) is 0 Å². The molecule has 13 nitrogen and oxygen atoms in total. The monoisotopic (exact) mass is 582 g/mol. The number of nitrogens with two attached hydrogens (primary N) is 1. The van der Waals surface area contributed by atoms with Gasteiger partial charge in [-0.25, -0.2) is 0 Å². The number of benzene rings is 1. The Labute approximate surface area is 208 Å². The molecule has 3 amide bonds. The maximum atomic E-state index is 12.3. The Morgan fingerprint density at radius 1 is 1.12 bits per heavy atom. The van der Waals surface area contributed by atoms with Crippen LogP contribution in [0.5, 0.6) is 0 Å². The first kappa shape index (κ1) is 29.7. The normalized spacial score (nSPS) is 12.5. The van der Waals surface area contributed by atoms with Crippen molar-refractivity contribution in [2.75, 3.05) is 23.4 Å². The molecule has 0 saturated carbocycles. The van der Waals surface area contributed by atoms with Gasteiger partial charge in [-0.3, -0.25) is 9.59 Å². The van der Waals surface area contributed by atoms with Crippen LogP contribution < -0.4 is 26.0 Å². The molecule has 2 atom stereocenters. The van der Waals surface area contributed by atoms with Gasteiger partial charge in [0.1, 0.15) is 6.04 Å². The smallest absolute Gasteiger partial charge is 0.480 e. The Kier molecular flexibility index (Phi) is 12.9. The van der Waals surface area contributed by atoms with Crippen molar-refractivity contribution in [1.29, 1.82) is 0 Å². The summed E-state index contributed by atoms with van der Waals surface area (Å²) in [4.78, 5) is 58.0. The third-order valence-electron chi connectivity index (χ3n) is 4.04. The van der Waals surface area contributed by atoms with Gasteiger partial charge in [-0.1, -0.05) is 0 Å². The summed E-state index contributed by atoms with van der Waals surface area (Å²) < 4.78 is 19.0. The number of nitrogens with one attached hydrogen (secondary N) is 3. The third kappa shape index (κ3) is 11.2. The van der Waals surface area contributed by atoms with Crippen LogP contribution in [0.15, 0.2) is 18.2 Å². The Balaban J connectivity index is 2.69. The zero-order chi connectivity index (χ0) is 25.8. The summed E-state index contributed by atoms with van der Waals surface area (Å²) in [5, 5.41) is 24.7. The number of rotatable bonds is 14. The van der Waals surface area contributed by atoms with E-state index >= 15 is 0 Å². The number of carbonyl (C=O) groups is 5. The molecule has 1 rings (SSSR count). The quantitative estimate of drug-likeness (QED) is 0.108. The predicted molar refractivity (Wildman–Crippen MR) is 125 cm³/mol. The van der Waals surface area contributed by atoms with E-state index in [9.17, 15) is 32.2 Å². The van der Waals surface area contributed by atoms with Crippen LogP contribution in [0, 0.1) is 0 Å². The number of hydrogen-bond donors (Lipinski definition) is 8. The van der Waals surface area contributed by atoms with Crippen LogP contribution in [0.1, 0.15) is 12.8 Å². The van der Waals surface area contributed by atoms with Crippen LogP contribution in [-0.2, 0) is 24.0 Å². The molecular formula is C18H24AsClN4O9S. The second-order valence-electron chi connectivity index (χ2n) is 6.73. The first-order valence-electron chi connectivity index (χ1n) is 9.53. The number of carbonyl (C=O) groups excluding carboxylic acids is 3. The zero-order valence-corrected chi connectivity index (χ0v) is 21.0. The number of amides is 3. The minimum absolute atomic E-state index is 0.105. The molecule has 1 aromatic carbocycles. The van der Waals surface area contributed by atoms with Crippen LogP contribution >= 0.6 is 23.4 Å². The number of aliphatic carboxylic acids is 2. The van der Waals surface area contributed by atoms with Crippen molar-refractivity contribution in [3.8, 4) is 0 Å². The van der Waals surface area contributed by atoms with Crippen molar-refractivity contribution >= 4 is 78.4 Å². The van der Waals surface area contributed by atoms with Crippen LogP contribution in [0.4, 0.5) is 5.69 Å². The van der Waals surface area contributed by atoms with Crippen molar-refractivity contribution in [2.45, 2.75) is 24.9 Å². The van der Waals surface area contributed by atoms with E-state index in [2.05, 4.69) is 16.0 Å². The molecule has 188 valence electrons.